The first-order chi connectivity index (χ1) is 9.66. The van der Waals surface area contributed by atoms with Gasteiger partial charge in [-0.05, 0) is 12.8 Å². The molecule has 0 N–H and O–H groups in total. The van der Waals surface area contributed by atoms with E-state index in [1.165, 1.54) is 70.8 Å². The summed E-state index contributed by atoms with van der Waals surface area (Å²) in [6.07, 6.45) is 15.7. The second kappa shape index (κ2) is 10.4. The molecule has 0 saturated carbocycles. The van der Waals surface area contributed by atoms with Crippen molar-refractivity contribution in [1.82, 2.24) is 0 Å². The van der Waals surface area contributed by atoms with E-state index in [0.29, 0.717) is 5.78 Å². The van der Waals surface area contributed by atoms with Gasteiger partial charge in [0.25, 0.3) is 0 Å². The molecule has 2 heteroatoms. The van der Waals surface area contributed by atoms with Gasteiger partial charge in [-0.3, -0.25) is 4.79 Å². The first-order valence-electron chi connectivity index (χ1n) is 9.01. The van der Waals surface area contributed by atoms with Gasteiger partial charge in [0.1, 0.15) is 5.78 Å². The Hall–Kier alpha value is -0.370. The maximum Gasteiger partial charge on any atom is 0.144 e. The van der Waals surface area contributed by atoms with Crippen molar-refractivity contribution in [3.63, 3.8) is 0 Å². The highest BCUT2D eigenvalue weighted by atomic mass is 16.1. The van der Waals surface area contributed by atoms with Gasteiger partial charge >= 0.3 is 0 Å². The molecule has 0 spiro atoms. The van der Waals surface area contributed by atoms with E-state index >= 15 is 0 Å². The van der Waals surface area contributed by atoms with Crippen LogP contribution in [0.15, 0.2) is 0 Å². The van der Waals surface area contributed by atoms with E-state index in [9.17, 15) is 4.79 Å². The molecule has 0 unspecified atom stereocenters. The van der Waals surface area contributed by atoms with Gasteiger partial charge in [0, 0.05) is 0 Å². The number of carbonyl (C=O) groups excluding carboxylic acids is 1. The van der Waals surface area contributed by atoms with Gasteiger partial charge in [0.15, 0.2) is 0 Å². The quantitative estimate of drug-likeness (QED) is 0.396. The van der Waals surface area contributed by atoms with Crippen molar-refractivity contribution in [2.24, 2.45) is 0 Å². The zero-order chi connectivity index (χ0) is 14.7. The van der Waals surface area contributed by atoms with Crippen LogP contribution in [0.5, 0.6) is 0 Å². The van der Waals surface area contributed by atoms with Crippen LogP contribution in [0.25, 0.3) is 0 Å². The Bertz CT molecular complexity index is 252. The number of unbranched alkanes of at least 4 members (excludes halogenated alkanes) is 9. The van der Waals surface area contributed by atoms with E-state index in [-0.39, 0.29) is 0 Å². The van der Waals surface area contributed by atoms with Gasteiger partial charge in [-0.1, -0.05) is 58.3 Å². The molecule has 118 valence electrons. The Morgan fingerprint density at radius 2 is 1.25 bits per heavy atom. The van der Waals surface area contributed by atoms with Crippen LogP contribution in [0.2, 0.25) is 0 Å². The van der Waals surface area contributed by atoms with Crippen molar-refractivity contribution in [2.75, 3.05) is 26.7 Å². The number of rotatable bonds is 11. The van der Waals surface area contributed by atoms with Gasteiger partial charge in [-0.2, -0.15) is 0 Å². The van der Waals surface area contributed by atoms with Gasteiger partial charge in [-0.15, -0.1) is 0 Å². The van der Waals surface area contributed by atoms with E-state index in [1.54, 1.807) is 0 Å². The molecule has 1 aliphatic heterocycles. The smallest absolute Gasteiger partial charge is 0.144 e. The Balaban J connectivity index is 1.88. The third kappa shape index (κ3) is 8.04. The summed E-state index contributed by atoms with van der Waals surface area (Å²) in [5.74, 6) is 0.476. The second-order valence-corrected chi connectivity index (χ2v) is 7.01. The van der Waals surface area contributed by atoms with Crippen molar-refractivity contribution in [3.8, 4) is 0 Å². The molecule has 0 radical (unpaired) electrons. The summed E-state index contributed by atoms with van der Waals surface area (Å²) in [4.78, 5) is 11.3. The maximum absolute atomic E-state index is 11.3. The molecule has 0 bridgehead atoms. The molecule has 1 aliphatic rings. The minimum atomic E-state index is 0.476. The standard InChI is InChI=1S/C18H36NO/c1-3-4-5-6-7-8-9-10-11-12-15-19(2)16-13-18(20)14-17-19/h3-17H2,1-2H3/q+1. The molecule has 2 nitrogen and oxygen atoms in total. The van der Waals surface area contributed by atoms with Crippen LogP contribution in [-0.2, 0) is 4.79 Å². The summed E-state index contributed by atoms with van der Waals surface area (Å²) in [6.45, 7) is 5.72. The number of piperidine rings is 1. The van der Waals surface area contributed by atoms with Crippen LogP contribution >= 0.6 is 0 Å². The summed E-state index contributed by atoms with van der Waals surface area (Å²) >= 11 is 0. The Kier molecular flexibility index (Phi) is 9.17. The van der Waals surface area contributed by atoms with Gasteiger partial charge < -0.3 is 4.48 Å². The first kappa shape index (κ1) is 17.7. The SMILES string of the molecule is CCCCCCCCCCCC[N+]1(C)CCC(=O)CC1. The molecule has 0 aromatic rings. The second-order valence-electron chi connectivity index (χ2n) is 7.01. The molecule has 1 saturated heterocycles. The van der Waals surface area contributed by atoms with E-state index in [0.717, 1.165) is 30.4 Å². The molecule has 0 aromatic carbocycles. The third-order valence-corrected chi connectivity index (χ3v) is 4.91. The fourth-order valence-corrected chi connectivity index (χ4v) is 3.23. The zero-order valence-electron chi connectivity index (χ0n) is 14.0. The number of hydrogen-bond donors (Lipinski definition) is 0. The van der Waals surface area contributed by atoms with Gasteiger partial charge in [0.2, 0.25) is 0 Å². The van der Waals surface area contributed by atoms with Gasteiger partial charge in [0.05, 0.1) is 39.5 Å². The topological polar surface area (TPSA) is 17.1 Å². The largest absolute Gasteiger partial charge is 0.325 e. The van der Waals surface area contributed by atoms with Crippen molar-refractivity contribution < 1.29 is 9.28 Å². The molecular weight excluding hydrogens is 246 g/mol. The van der Waals surface area contributed by atoms with E-state index in [4.69, 9.17) is 0 Å². The predicted molar refractivity (Wildman–Crippen MR) is 86.9 cm³/mol. The van der Waals surface area contributed by atoms with Crippen LogP contribution < -0.4 is 0 Å². The molecule has 0 aromatic heterocycles. The predicted octanol–water partition coefficient (Wildman–Crippen LogP) is 4.72. The minimum absolute atomic E-state index is 0.476. The van der Waals surface area contributed by atoms with Crippen molar-refractivity contribution in [3.05, 3.63) is 0 Å². The maximum atomic E-state index is 11.3. The van der Waals surface area contributed by atoms with Crippen molar-refractivity contribution >= 4 is 5.78 Å². The average molecular weight is 282 g/mol. The number of nitrogens with zero attached hydrogens (tertiary/aromatic N) is 1. The van der Waals surface area contributed by atoms with E-state index in [1.807, 2.05) is 0 Å². The molecule has 0 amide bonds. The molecule has 0 aliphatic carbocycles. The molecule has 0 atom stereocenters. The summed E-state index contributed by atoms with van der Waals surface area (Å²) in [7, 11) is 2.33. The van der Waals surface area contributed by atoms with E-state index < -0.39 is 0 Å². The fourth-order valence-electron chi connectivity index (χ4n) is 3.23. The average Bonchev–Trinajstić information content (AvgIpc) is 2.45. The number of carbonyl (C=O) groups is 1. The highest BCUT2D eigenvalue weighted by Crippen LogP contribution is 2.16. The molecule has 1 heterocycles. The van der Waals surface area contributed by atoms with Crippen LogP contribution in [-0.4, -0.2) is 36.9 Å². The van der Waals surface area contributed by atoms with Crippen LogP contribution in [0.1, 0.15) is 84.0 Å². The summed E-state index contributed by atoms with van der Waals surface area (Å²) in [6, 6.07) is 0. The van der Waals surface area contributed by atoms with Gasteiger partial charge in [-0.25, -0.2) is 0 Å². The van der Waals surface area contributed by atoms with Crippen molar-refractivity contribution in [1.29, 1.82) is 0 Å². The lowest BCUT2D eigenvalue weighted by atomic mass is 10.0. The van der Waals surface area contributed by atoms with Crippen LogP contribution in [0.3, 0.4) is 0 Å². The zero-order valence-corrected chi connectivity index (χ0v) is 14.0. The lowest BCUT2D eigenvalue weighted by molar-refractivity contribution is -0.911. The molecule has 1 rings (SSSR count). The Morgan fingerprint density at radius 1 is 0.800 bits per heavy atom. The first-order valence-corrected chi connectivity index (χ1v) is 9.01. The number of Topliss-reactive ketones (excluding diaryl/α,β-unsaturated/α-hetero) is 1. The van der Waals surface area contributed by atoms with Crippen LogP contribution in [0, 0.1) is 0 Å². The number of hydrogen-bond acceptors (Lipinski definition) is 1. The number of likely N-dealkylation sites (tertiary alicyclic amines) is 1. The highest BCUT2D eigenvalue weighted by Gasteiger charge is 2.27. The summed E-state index contributed by atoms with van der Waals surface area (Å²) < 4.78 is 1.14. The lowest BCUT2D eigenvalue weighted by Gasteiger charge is -2.37. The summed E-state index contributed by atoms with van der Waals surface area (Å²) in [5, 5.41) is 0. The van der Waals surface area contributed by atoms with Crippen LogP contribution in [0.4, 0.5) is 0 Å². The molecule has 1 fully saturated rings. The molecule has 20 heavy (non-hydrogen) atoms. The third-order valence-electron chi connectivity index (χ3n) is 4.91. The summed E-state index contributed by atoms with van der Waals surface area (Å²) in [5.41, 5.74) is 0. The fraction of sp³-hybridized carbons (Fsp3) is 0.944. The highest BCUT2D eigenvalue weighted by molar-refractivity contribution is 5.78. The minimum Gasteiger partial charge on any atom is -0.325 e. The van der Waals surface area contributed by atoms with E-state index in [2.05, 4.69) is 14.0 Å². The molecular formula is C18H36NO+. The number of ketones is 1. The normalized spacial score (nSPS) is 18.4. The lowest BCUT2D eigenvalue weighted by Crippen LogP contribution is -2.50. The monoisotopic (exact) mass is 282 g/mol. The Morgan fingerprint density at radius 3 is 1.75 bits per heavy atom. The van der Waals surface area contributed by atoms with Crippen molar-refractivity contribution in [2.45, 2.75) is 84.0 Å². The Labute approximate surface area is 126 Å². The number of quaternary nitrogens is 1.